The van der Waals surface area contributed by atoms with Crippen LogP contribution in [-0.2, 0) is 14.8 Å². The molecule has 8 nitrogen and oxygen atoms in total. The Morgan fingerprint density at radius 2 is 1.79 bits per heavy atom. The van der Waals surface area contributed by atoms with E-state index in [1.54, 1.807) is 18.2 Å². The first-order valence-electron chi connectivity index (χ1n) is 8.28. The normalized spacial score (nSPS) is 17.1. The van der Waals surface area contributed by atoms with Gasteiger partial charge in [-0.3, -0.25) is 19.8 Å². The van der Waals surface area contributed by atoms with E-state index in [1.165, 1.54) is 53.5 Å². The number of carbonyl (C=O) groups is 1. The molecule has 0 aromatic heterocycles. The molecule has 10 heteroatoms. The quantitative estimate of drug-likeness (QED) is 0.301. The first kappa shape index (κ1) is 20.5. The van der Waals surface area contributed by atoms with Crippen molar-refractivity contribution in [2.75, 3.05) is 6.54 Å². The Kier molecular flexibility index (Phi) is 5.95. The highest BCUT2D eigenvalue weighted by Gasteiger charge is 2.34. The fourth-order valence-electron chi connectivity index (χ4n) is 2.46. The second-order valence-electron chi connectivity index (χ2n) is 5.83. The molecule has 1 aliphatic rings. The third-order valence-electron chi connectivity index (χ3n) is 3.84. The molecule has 0 aliphatic carbocycles. The minimum absolute atomic E-state index is 0.0203. The van der Waals surface area contributed by atoms with Gasteiger partial charge < -0.3 is 0 Å². The summed E-state index contributed by atoms with van der Waals surface area (Å²) in [6.07, 6.45) is 3.00. The van der Waals surface area contributed by atoms with Gasteiger partial charge in [-0.25, -0.2) is 0 Å². The maximum Gasteiger partial charge on any atom is 0.284 e. The van der Waals surface area contributed by atoms with E-state index in [0.29, 0.717) is 5.56 Å². The van der Waals surface area contributed by atoms with Crippen molar-refractivity contribution >= 4 is 44.6 Å². The number of hydrogen-bond acceptors (Lipinski definition) is 6. The van der Waals surface area contributed by atoms with E-state index in [0.717, 1.165) is 11.8 Å². The lowest BCUT2D eigenvalue weighted by atomic mass is 10.2. The van der Waals surface area contributed by atoms with Crippen LogP contribution in [0, 0.1) is 10.1 Å². The van der Waals surface area contributed by atoms with Crippen LogP contribution in [0.25, 0.3) is 6.08 Å². The maximum atomic E-state index is 12.7. The molecule has 0 bridgehead atoms. The molecule has 148 valence electrons. The van der Waals surface area contributed by atoms with Crippen molar-refractivity contribution in [1.29, 1.82) is 0 Å². The van der Waals surface area contributed by atoms with E-state index in [4.69, 9.17) is 0 Å². The van der Waals surface area contributed by atoms with Gasteiger partial charge in [-0.2, -0.15) is 8.42 Å². The molecule has 3 rings (SSSR count). The molecule has 0 unspecified atom stereocenters. The number of benzene rings is 2. The van der Waals surface area contributed by atoms with Gasteiger partial charge in [0.2, 0.25) is 0 Å². The predicted octanol–water partition coefficient (Wildman–Crippen LogP) is 3.44. The lowest BCUT2D eigenvalue weighted by Crippen LogP contribution is -2.29. The summed E-state index contributed by atoms with van der Waals surface area (Å²) in [5, 5.41) is 10.8. The number of nitro groups is 1. The topological polar surface area (TPSA) is 110 Å². The molecular formula is C19H15N3O5S2. The zero-order chi connectivity index (χ0) is 21.0. The highest BCUT2D eigenvalue weighted by atomic mass is 32.2. The largest absolute Gasteiger partial charge is 0.284 e. The van der Waals surface area contributed by atoms with Crippen molar-refractivity contribution < 1.29 is 18.1 Å². The van der Waals surface area contributed by atoms with Crippen LogP contribution in [0.1, 0.15) is 5.56 Å². The van der Waals surface area contributed by atoms with Crippen molar-refractivity contribution in [2.45, 2.75) is 4.90 Å². The second kappa shape index (κ2) is 8.41. The second-order valence-corrected chi connectivity index (χ2v) is 8.44. The first-order valence-corrected chi connectivity index (χ1v) is 10.5. The summed E-state index contributed by atoms with van der Waals surface area (Å²) in [4.78, 5) is 24.4. The number of thioether (sulfide) groups is 1. The number of rotatable bonds is 6. The number of amides is 1. The molecule has 0 saturated carbocycles. The Balaban J connectivity index is 1.96. The molecule has 1 amide bonds. The number of hydrogen-bond donors (Lipinski definition) is 0. The third kappa shape index (κ3) is 4.61. The van der Waals surface area contributed by atoms with Crippen LogP contribution >= 0.6 is 11.8 Å². The van der Waals surface area contributed by atoms with Crippen molar-refractivity contribution in [3.05, 3.63) is 87.8 Å². The van der Waals surface area contributed by atoms with Crippen LogP contribution in [0.15, 0.2) is 81.5 Å². The minimum atomic E-state index is -3.99. The third-order valence-corrected chi connectivity index (χ3v) is 6.24. The van der Waals surface area contributed by atoms with Crippen LogP contribution < -0.4 is 0 Å². The van der Waals surface area contributed by atoms with Gasteiger partial charge in [-0.05, 0) is 47.7 Å². The van der Waals surface area contributed by atoms with E-state index >= 15 is 0 Å². The average Bonchev–Trinajstić information content (AvgIpc) is 2.97. The van der Waals surface area contributed by atoms with Crippen LogP contribution in [-0.4, -0.2) is 35.9 Å². The first-order chi connectivity index (χ1) is 13.8. The number of amidine groups is 1. The van der Waals surface area contributed by atoms with E-state index < -0.39 is 20.9 Å². The SMILES string of the molecule is C=CCN1C(=O)C(=Cc2ccc([N+](=O)[O-])cc2)SC1=NS(=O)(=O)c1ccccc1. The van der Waals surface area contributed by atoms with Crippen LogP contribution in [0.5, 0.6) is 0 Å². The summed E-state index contributed by atoms with van der Waals surface area (Å²) < 4.78 is 29.0. The van der Waals surface area contributed by atoms with Gasteiger partial charge in [0, 0.05) is 18.7 Å². The Bertz CT molecular complexity index is 1120. The van der Waals surface area contributed by atoms with Crippen LogP contribution in [0.2, 0.25) is 0 Å². The molecule has 1 fully saturated rings. The summed E-state index contributed by atoms with van der Waals surface area (Å²) >= 11 is 0.920. The zero-order valence-electron chi connectivity index (χ0n) is 15.0. The van der Waals surface area contributed by atoms with Gasteiger partial charge in [0.05, 0.1) is 14.7 Å². The van der Waals surface area contributed by atoms with Gasteiger partial charge in [0.1, 0.15) is 0 Å². The fraction of sp³-hybridized carbons (Fsp3) is 0.0526. The monoisotopic (exact) mass is 429 g/mol. The molecule has 0 atom stereocenters. The minimum Gasteiger partial charge on any atom is -0.282 e. The lowest BCUT2D eigenvalue weighted by molar-refractivity contribution is -0.384. The Morgan fingerprint density at radius 3 is 2.38 bits per heavy atom. The Morgan fingerprint density at radius 1 is 1.14 bits per heavy atom. The number of non-ortho nitro benzene ring substituents is 1. The fourth-order valence-corrected chi connectivity index (χ4v) is 4.67. The molecule has 1 aliphatic heterocycles. The summed E-state index contributed by atoms with van der Waals surface area (Å²) in [5.41, 5.74) is 0.499. The van der Waals surface area contributed by atoms with E-state index in [-0.39, 0.29) is 27.2 Å². The molecule has 1 saturated heterocycles. The number of nitrogens with zero attached hydrogens (tertiary/aromatic N) is 3. The molecule has 1 heterocycles. The van der Waals surface area contributed by atoms with Gasteiger partial charge in [-0.15, -0.1) is 11.0 Å². The van der Waals surface area contributed by atoms with E-state index in [1.807, 2.05) is 0 Å². The smallest absolute Gasteiger partial charge is 0.282 e. The molecule has 2 aromatic carbocycles. The van der Waals surface area contributed by atoms with Crippen molar-refractivity contribution in [1.82, 2.24) is 4.90 Å². The average molecular weight is 429 g/mol. The summed E-state index contributed by atoms with van der Waals surface area (Å²) in [6.45, 7) is 3.68. The van der Waals surface area contributed by atoms with Crippen molar-refractivity contribution in [3.8, 4) is 0 Å². The summed E-state index contributed by atoms with van der Waals surface area (Å²) in [6, 6.07) is 13.4. The van der Waals surface area contributed by atoms with Gasteiger partial charge >= 0.3 is 0 Å². The maximum absolute atomic E-state index is 12.7. The zero-order valence-corrected chi connectivity index (χ0v) is 16.6. The molecule has 0 spiro atoms. The molecular weight excluding hydrogens is 414 g/mol. The van der Waals surface area contributed by atoms with Gasteiger partial charge in [-0.1, -0.05) is 24.3 Å². The standard InChI is InChI=1S/C19H15N3O5S2/c1-2-12-21-18(23)17(13-14-8-10-15(11-9-14)22(24)25)28-19(21)20-29(26,27)16-6-4-3-5-7-16/h2-11,13H,1,12H2. The number of nitro benzene ring substituents is 1. The summed E-state index contributed by atoms with van der Waals surface area (Å²) in [5.74, 6) is -0.421. The van der Waals surface area contributed by atoms with E-state index in [2.05, 4.69) is 11.0 Å². The lowest BCUT2D eigenvalue weighted by Gasteiger charge is -2.12. The number of carbonyl (C=O) groups excluding carboxylic acids is 1. The molecule has 2 aromatic rings. The highest BCUT2D eigenvalue weighted by Crippen LogP contribution is 2.33. The Hall–Kier alpha value is -3.24. The van der Waals surface area contributed by atoms with Crippen molar-refractivity contribution in [3.63, 3.8) is 0 Å². The van der Waals surface area contributed by atoms with Gasteiger partial charge in [0.15, 0.2) is 5.17 Å². The van der Waals surface area contributed by atoms with Crippen LogP contribution in [0.4, 0.5) is 5.69 Å². The number of sulfonamides is 1. The summed E-state index contributed by atoms with van der Waals surface area (Å²) in [7, 11) is -3.99. The Labute approximate surface area is 171 Å². The van der Waals surface area contributed by atoms with Gasteiger partial charge in [0.25, 0.3) is 21.6 Å². The predicted molar refractivity (Wildman–Crippen MR) is 112 cm³/mol. The van der Waals surface area contributed by atoms with Crippen molar-refractivity contribution in [2.24, 2.45) is 4.40 Å². The van der Waals surface area contributed by atoms with E-state index in [9.17, 15) is 23.3 Å². The molecule has 0 N–H and O–H groups in total. The highest BCUT2D eigenvalue weighted by molar-refractivity contribution is 8.19. The molecule has 29 heavy (non-hydrogen) atoms. The van der Waals surface area contributed by atoms with Crippen LogP contribution in [0.3, 0.4) is 0 Å². The molecule has 0 radical (unpaired) electrons.